The van der Waals surface area contributed by atoms with E-state index in [1.807, 2.05) is 6.92 Å². The smallest absolute Gasteiger partial charge is 0.0897 e. The molecular formula is C17H35NO4. The summed E-state index contributed by atoms with van der Waals surface area (Å²) in [7, 11) is 0. The topological polar surface area (TPSA) is 60.0 Å². The Bertz CT molecular complexity index is 255. The van der Waals surface area contributed by atoms with E-state index in [1.54, 1.807) is 0 Å². The van der Waals surface area contributed by atoms with E-state index in [0.717, 1.165) is 38.9 Å². The van der Waals surface area contributed by atoms with Gasteiger partial charge in [-0.1, -0.05) is 13.8 Å². The summed E-state index contributed by atoms with van der Waals surface area (Å²) in [5.41, 5.74) is 0. The van der Waals surface area contributed by atoms with Crippen molar-refractivity contribution in [1.82, 2.24) is 5.32 Å². The third kappa shape index (κ3) is 9.74. The molecule has 0 spiro atoms. The highest BCUT2D eigenvalue weighted by Gasteiger charge is 2.22. The van der Waals surface area contributed by atoms with Crippen LogP contribution in [0.15, 0.2) is 0 Å². The van der Waals surface area contributed by atoms with Gasteiger partial charge in [0, 0.05) is 25.8 Å². The average molecular weight is 317 g/mol. The van der Waals surface area contributed by atoms with Crippen LogP contribution in [0.1, 0.15) is 46.5 Å². The van der Waals surface area contributed by atoms with Crippen molar-refractivity contribution in [2.45, 2.75) is 64.7 Å². The van der Waals surface area contributed by atoms with Crippen LogP contribution in [0.4, 0.5) is 0 Å². The molecule has 0 amide bonds. The van der Waals surface area contributed by atoms with Gasteiger partial charge >= 0.3 is 0 Å². The number of aliphatic hydroxyl groups excluding tert-OH is 1. The highest BCUT2D eigenvalue weighted by Crippen LogP contribution is 2.26. The zero-order valence-corrected chi connectivity index (χ0v) is 14.6. The maximum Gasteiger partial charge on any atom is 0.0897 e. The number of hydrogen-bond donors (Lipinski definition) is 2. The number of rotatable bonds is 12. The van der Waals surface area contributed by atoms with Crippen molar-refractivity contribution in [2.75, 3.05) is 39.6 Å². The molecule has 0 aromatic rings. The Morgan fingerprint density at radius 3 is 2.41 bits per heavy atom. The van der Waals surface area contributed by atoms with Crippen molar-refractivity contribution in [2.24, 2.45) is 5.92 Å². The van der Waals surface area contributed by atoms with E-state index in [1.165, 1.54) is 0 Å². The minimum Gasteiger partial charge on any atom is -0.389 e. The van der Waals surface area contributed by atoms with Gasteiger partial charge in [0.05, 0.1) is 32.0 Å². The molecular weight excluding hydrogens is 282 g/mol. The zero-order valence-electron chi connectivity index (χ0n) is 14.6. The summed E-state index contributed by atoms with van der Waals surface area (Å²) in [5.74, 6) is 0.647. The fraction of sp³-hybridized carbons (Fsp3) is 1.00. The van der Waals surface area contributed by atoms with Crippen LogP contribution >= 0.6 is 0 Å². The molecule has 1 aliphatic rings. The molecule has 0 aliphatic heterocycles. The van der Waals surface area contributed by atoms with Crippen LogP contribution in [-0.2, 0) is 14.2 Å². The van der Waals surface area contributed by atoms with Gasteiger partial charge in [-0.2, -0.15) is 0 Å². The third-order valence-corrected chi connectivity index (χ3v) is 4.01. The summed E-state index contributed by atoms with van der Waals surface area (Å²) in [4.78, 5) is 0. The van der Waals surface area contributed by atoms with Crippen LogP contribution in [0.3, 0.4) is 0 Å². The van der Waals surface area contributed by atoms with E-state index >= 15 is 0 Å². The SMILES string of the molecule is CCOCCOCC1CCC(OCC(O)CNC(C)C)CC1. The monoisotopic (exact) mass is 317 g/mol. The molecule has 2 N–H and O–H groups in total. The second kappa shape index (κ2) is 12.3. The number of hydrogen-bond acceptors (Lipinski definition) is 5. The van der Waals surface area contributed by atoms with Gasteiger partial charge in [0.25, 0.3) is 0 Å². The molecule has 0 aromatic heterocycles. The predicted octanol–water partition coefficient (Wildman–Crippen LogP) is 1.97. The van der Waals surface area contributed by atoms with Crippen LogP contribution in [0.25, 0.3) is 0 Å². The number of nitrogens with one attached hydrogen (secondary N) is 1. The second-order valence-electron chi connectivity index (χ2n) is 6.46. The molecule has 1 rings (SSSR count). The van der Waals surface area contributed by atoms with Crippen molar-refractivity contribution in [3.8, 4) is 0 Å². The van der Waals surface area contributed by atoms with Crippen LogP contribution < -0.4 is 5.32 Å². The van der Waals surface area contributed by atoms with E-state index in [-0.39, 0.29) is 0 Å². The largest absolute Gasteiger partial charge is 0.389 e. The summed E-state index contributed by atoms with van der Waals surface area (Å²) in [6.45, 7) is 10.1. The normalized spacial score (nSPS) is 23.9. The molecule has 1 aliphatic carbocycles. The van der Waals surface area contributed by atoms with Gasteiger partial charge in [-0.05, 0) is 38.5 Å². The molecule has 0 saturated heterocycles. The van der Waals surface area contributed by atoms with Gasteiger partial charge in [-0.15, -0.1) is 0 Å². The fourth-order valence-electron chi connectivity index (χ4n) is 2.66. The molecule has 0 bridgehead atoms. The maximum absolute atomic E-state index is 9.85. The molecule has 1 unspecified atom stereocenters. The Hall–Kier alpha value is -0.200. The van der Waals surface area contributed by atoms with Gasteiger partial charge in [0.1, 0.15) is 0 Å². The van der Waals surface area contributed by atoms with Crippen molar-refractivity contribution in [1.29, 1.82) is 0 Å². The Balaban J connectivity index is 2.00. The number of ether oxygens (including phenoxy) is 3. The first-order valence-electron chi connectivity index (χ1n) is 8.80. The molecule has 1 fully saturated rings. The summed E-state index contributed by atoms with van der Waals surface area (Å²) in [5, 5.41) is 13.1. The van der Waals surface area contributed by atoms with Gasteiger partial charge in [-0.3, -0.25) is 0 Å². The van der Waals surface area contributed by atoms with Crippen molar-refractivity contribution in [3.63, 3.8) is 0 Å². The molecule has 1 atom stereocenters. The van der Waals surface area contributed by atoms with Gasteiger partial charge in [0.2, 0.25) is 0 Å². The molecule has 0 aromatic carbocycles. The average Bonchev–Trinajstić information content (AvgIpc) is 2.52. The standard InChI is InChI=1S/C17H35NO4/c1-4-20-9-10-21-12-15-5-7-17(8-6-15)22-13-16(19)11-18-14(2)3/h14-19H,4-13H2,1-3H3. The lowest BCUT2D eigenvalue weighted by molar-refractivity contribution is -0.0377. The zero-order chi connectivity index (χ0) is 16.2. The quantitative estimate of drug-likeness (QED) is 0.539. The van der Waals surface area contributed by atoms with Crippen LogP contribution in [0.5, 0.6) is 0 Å². The van der Waals surface area contributed by atoms with E-state index in [9.17, 15) is 5.11 Å². The lowest BCUT2D eigenvalue weighted by Crippen LogP contribution is -2.36. The van der Waals surface area contributed by atoms with E-state index in [2.05, 4.69) is 19.2 Å². The van der Waals surface area contributed by atoms with E-state index in [0.29, 0.717) is 44.4 Å². The van der Waals surface area contributed by atoms with Gasteiger partial charge < -0.3 is 24.6 Å². The fourth-order valence-corrected chi connectivity index (χ4v) is 2.66. The van der Waals surface area contributed by atoms with E-state index in [4.69, 9.17) is 14.2 Å². The molecule has 5 nitrogen and oxygen atoms in total. The molecule has 1 saturated carbocycles. The number of aliphatic hydroxyl groups is 1. The first kappa shape index (κ1) is 19.8. The second-order valence-corrected chi connectivity index (χ2v) is 6.46. The third-order valence-electron chi connectivity index (χ3n) is 4.01. The molecule has 22 heavy (non-hydrogen) atoms. The molecule has 132 valence electrons. The van der Waals surface area contributed by atoms with Crippen molar-refractivity contribution < 1.29 is 19.3 Å². The summed E-state index contributed by atoms with van der Waals surface area (Å²) >= 11 is 0. The lowest BCUT2D eigenvalue weighted by Gasteiger charge is -2.29. The summed E-state index contributed by atoms with van der Waals surface area (Å²) < 4.78 is 16.7. The minimum atomic E-state index is -0.415. The van der Waals surface area contributed by atoms with Crippen molar-refractivity contribution >= 4 is 0 Å². The molecule has 0 radical (unpaired) electrons. The van der Waals surface area contributed by atoms with Gasteiger partial charge in [-0.25, -0.2) is 0 Å². The van der Waals surface area contributed by atoms with Crippen LogP contribution in [-0.4, -0.2) is 62.9 Å². The van der Waals surface area contributed by atoms with Crippen molar-refractivity contribution in [3.05, 3.63) is 0 Å². The minimum absolute atomic E-state index is 0.299. The Morgan fingerprint density at radius 2 is 1.77 bits per heavy atom. The first-order valence-corrected chi connectivity index (χ1v) is 8.80. The Morgan fingerprint density at radius 1 is 1.09 bits per heavy atom. The molecule has 5 heteroatoms. The first-order chi connectivity index (χ1) is 10.6. The molecule has 0 heterocycles. The summed E-state index contributed by atoms with van der Waals surface area (Å²) in [6.07, 6.45) is 4.34. The highest BCUT2D eigenvalue weighted by atomic mass is 16.5. The lowest BCUT2D eigenvalue weighted by atomic mass is 9.88. The predicted molar refractivity (Wildman–Crippen MR) is 88.2 cm³/mol. The maximum atomic E-state index is 9.85. The Labute approximate surface area is 135 Å². The highest BCUT2D eigenvalue weighted by molar-refractivity contribution is 4.73. The van der Waals surface area contributed by atoms with E-state index < -0.39 is 6.10 Å². The summed E-state index contributed by atoms with van der Waals surface area (Å²) in [6, 6.07) is 0.396. The van der Waals surface area contributed by atoms with Gasteiger partial charge in [0.15, 0.2) is 0 Å². The van der Waals surface area contributed by atoms with Crippen LogP contribution in [0, 0.1) is 5.92 Å². The Kier molecular flexibility index (Phi) is 11.1. The van der Waals surface area contributed by atoms with Crippen LogP contribution in [0.2, 0.25) is 0 Å².